The van der Waals surface area contributed by atoms with E-state index >= 15 is 0 Å². The third-order valence-corrected chi connectivity index (χ3v) is 3.64. The second kappa shape index (κ2) is 5.98. The van der Waals surface area contributed by atoms with E-state index in [1.54, 1.807) is 0 Å². The second-order valence-corrected chi connectivity index (χ2v) is 4.66. The van der Waals surface area contributed by atoms with Gasteiger partial charge in [-0.05, 0) is 29.8 Å². The molecule has 96 valence electrons. The summed E-state index contributed by atoms with van der Waals surface area (Å²) in [6.45, 7) is 7.14. The molecule has 0 heterocycles. The van der Waals surface area contributed by atoms with Gasteiger partial charge in [-0.2, -0.15) is 0 Å². The largest absolute Gasteiger partial charge is 0.329 e. The highest BCUT2D eigenvalue weighted by Gasteiger charge is 2.15. The summed E-state index contributed by atoms with van der Waals surface area (Å²) in [5.74, 6) is 0. The first-order chi connectivity index (χ1) is 8.77. The summed E-state index contributed by atoms with van der Waals surface area (Å²) in [5.41, 5.74) is 7.08. The van der Waals surface area contributed by atoms with Crippen molar-refractivity contribution < 1.29 is 0 Å². The maximum absolute atomic E-state index is 5.69. The Hall–Kier alpha value is -1.38. The Morgan fingerprint density at radius 2 is 1.83 bits per heavy atom. The average Bonchev–Trinajstić information content (AvgIpc) is 2.43. The van der Waals surface area contributed by atoms with Gasteiger partial charge in [-0.3, -0.25) is 4.90 Å². The first-order valence-corrected chi connectivity index (χ1v) is 6.69. The van der Waals surface area contributed by atoms with Crippen LogP contribution in [-0.4, -0.2) is 24.5 Å². The third kappa shape index (κ3) is 2.55. The van der Waals surface area contributed by atoms with Crippen LogP contribution in [0.5, 0.6) is 0 Å². The molecule has 0 bridgehead atoms. The predicted octanol–water partition coefficient (Wildman–Crippen LogP) is 3.18. The zero-order valence-electron chi connectivity index (χ0n) is 11.3. The molecule has 1 atom stereocenters. The van der Waals surface area contributed by atoms with Crippen molar-refractivity contribution in [2.45, 2.75) is 19.9 Å². The van der Waals surface area contributed by atoms with E-state index in [1.807, 2.05) is 0 Å². The quantitative estimate of drug-likeness (QED) is 0.872. The topological polar surface area (TPSA) is 29.3 Å². The average molecular weight is 242 g/mol. The molecule has 0 aliphatic carbocycles. The van der Waals surface area contributed by atoms with Gasteiger partial charge in [0.2, 0.25) is 0 Å². The Morgan fingerprint density at radius 1 is 1.11 bits per heavy atom. The Kier molecular flexibility index (Phi) is 4.34. The molecule has 2 aromatic carbocycles. The van der Waals surface area contributed by atoms with E-state index in [4.69, 9.17) is 5.73 Å². The summed E-state index contributed by atoms with van der Waals surface area (Å²) in [6, 6.07) is 15.5. The number of benzene rings is 2. The normalized spacial score (nSPS) is 13.1. The summed E-state index contributed by atoms with van der Waals surface area (Å²) >= 11 is 0. The minimum atomic E-state index is 0.407. The molecule has 0 radical (unpaired) electrons. The number of hydrogen-bond acceptors (Lipinski definition) is 2. The Morgan fingerprint density at radius 3 is 2.56 bits per heavy atom. The standard InChI is InChI=1S/C16H22N2/c1-3-18(12-11-17)13(2)15-10-6-8-14-7-4-5-9-16(14)15/h4-10,13H,3,11-12,17H2,1-2H3/t13-/m0/s1. The van der Waals surface area contributed by atoms with E-state index in [0.29, 0.717) is 12.6 Å². The Labute approximate surface area is 109 Å². The zero-order chi connectivity index (χ0) is 13.0. The smallest absolute Gasteiger partial charge is 0.0326 e. The van der Waals surface area contributed by atoms with Gasteiger partial charge in [0.15, 0.2) is 0 Å². The van der Waals surface area contributed by atoms with Crippen LogP contribution in [0.1, 0.15) is 25.5 Å². The van der Waals surface area contributed by atoms with E-state index in [9.17, 15) is 0 Å². The van der Waals surface area contributed by atoms with Crippen LogP contribution in [0.25, 0.3) is 10.8 Å². The van der Waals surface area contributed by atoms with Crippen molar-refractivity contribution in [1.82, 2.24) is 4.90 Å². The van der Waals surface area contributed by atoms with Crippen LogP contribution >= 0.6 is 0 Å². The fourth-order valence-corrected chi connectivity index (χ4v) is 2.60. The number of rotatable bonds is 5. The monoisotopic (exact) mass is 242 g/mol. The fourth-order valence-electron chi connectivity index (χ4n) is 2.60. The highest BCUT2D eigenvalue weighted by Crippen LogP contribution is 2.27. The maximum Gasteiger partial charge on any atom is 0.0326 e. The molecule has 0 fully saturated rings. The summed E-state index contributed by atoms with van der Waals surface area (Å²) in [5, 5.41) is 2.66. The molecule has 18 heavy (non-hydrogen) atoms. The molecule has 0 aliphatic heterocycles. The molecule has 0 saturated heterocycles. The van der Waals surface area contributed by atoms with Gasteiger partial charge in [-0.15, -0.1) is 0 Å². The highest BCUT2D eigenvalue weighted by molar-refractivity contribution is 5.86. The van der Waals surface area contributed by atoms with Crippen molar-refractivity contribution >= 4 is 10.8 Å². The molecule has 0 spiro atoms. The van der Waals surface area contributed by atoms with Crippen molar-refractivity contribution in [3.63, 3.8) is 0 Å². The first kappa shape index (κ1) is 13.1. The van der Waals surface area contributed by atoms with Gasteiger partial charge in [-0.1, -0.05) is 49.4 Å². The Bertz CT molecular complexity index is 502. The highest BCUT2D eigenvalue weighted by atomic mass is 15.1. The number of likely N-dealkylation sites (N-methyl/N-ethyl adjacent to an activating group) is 1. The Balaban J connectivity index is 2.40. The minimum Gasteiger partial charge on any atom is -0.329 e. The molecule has 0 saturated carbocycles. The number of hydrogen-bond donors (Lipinski definition) is 1. The van der Waals surface area contributed by atoms with Crippen molar-refractivity contribution in [2.24, 2.45) is 5.73 Å². The third-order valence-electron chi connectivity index (χ3n) is 3.64. The fraction of sp³-hybridized carbons (Fsp3) is 0.375. The molecular weight excluding hydrogens is 220 g/mol. The van der Waals surface area contributed by atoms with Crippen LogP contribution < -0.4 is 5.73 Å². The van der Waals surface area contributed by atoms with Gasteiger partial charge in [0.05, 0.1) is 0 Å². The van der Waals surface area contributed by atoms with Crippen LogP contribution in [-0.2, 0) is 0 Å². The second-order valence-electron chi connectivity index (χ2n) is 4.66. The molecular formula is C16H22N2. The number of fused-ring (bicyclic) bond motifs is 1. The summed E-state index contributed by atoms with van der Waals surface area (Å²) in [4.78, 5) is 2.42. The van der Waals surface area contributed by atoms with Crippen molar-refractivity contribution in [1.29, 1.82) is 0 Å². The van der Waals surface area contributed by atoms with Crippen LogP contribution in [0.3, 0.4) is 0 Å². The van der Waals surface area contributed by atoms with Gasteiger partial charge in [0, 0.05) is 19.1 Å². The lowest BCUT2D eigenvalue weighted by Crippen LogP contribution is -2.31. The predicted molar refractivity (Wildman–Crippen MR) is 78.7 cm³/mol. The molecule has 0 aromatic heterocycles. The van der Waals surface area contributed by atoms with E-state index < -0.39 is 0 Å². The summed E-state index contributed by atoms with van der Waals surface area (Å²) < 4.78 is 0. The van der Waals surface area contributed by atoms with Gasteiger partial charge < -0.3 is 5.73 Å². The van der Waals surface area contributed by atoms with Crippen LogP contribution in [0, 0.1) is 0 Å². The molecule has 2 aromatic rings. The van der Waals surface area contributed by atoms with E-state index in [0.717, 1.165) is 13.1 Å². The van der Waals surface area contributed by atoms with E-state index in [-0.39, 0.29) is 0 Å². The van der Waals surface area contributed by atoms with Gasteiger partial charge in [0.1, 0.15) is 0 Å². The number of nitrogens with zero attached hydrogens (tertiary/aromatic N) is 1. The molecule has 0 amide bonds. The number of nitrogens with two attached hydrogens (primary N) is 1. The van der Waals surface area contributed by atoms with E-state index in [1.165, 1.54) is 16.3 Å². The van der Waals surface area contributed by atoms with Crippen molar-refractivity contribution in [2.75, 3.05) is 19.6 Å². The molecule has 2 heteroatoms. The van der Waals surface area contributed by atoms with E-state index in [2.05, 4.69) is 61.2 Å². The minimum absolute atomic E-state index is 0.407. The lowest BCUT2D eigenvalue weighted by Gasteiger charge is -2.28. The van der Waals surface area contributed by atoms with Gasteiger partial charge in [-0.25, -0.2) is 0 Å². The van der Waals surface area contributed by atoms with Crippen molar-refractivity contribution in [3.05, 3.63) is 48.0 Å². The molecule has 2 N–H and O–H groups in total. The lowest BCUT2D eigenvalue weighted by molar-refractivity contribution is 0.230. The first-order valence-electron chi connectivity index (χ1n) is 6.69. The molecule has 0 unspecified atom stereocenters. The molecule has 2 rings (SSSR count). The van der Waals surface area contributed by atoms with Gasteiger partial charge in [0.25, 0.3) is 0 Å². The molecule has 0 aliphatic rings. The summed E-state index contributed by atoms with van der Waals surface area (Å²) in [6.07, 6.45) is 0. The summed E-state index contributed by atoms with van der Waals surface area (Å²) in [7, 11) is 0. The van der Waals surface area contributed by atoms with Crippen LogP contribution in [0.4, 0.5) is 0 Å². The zero-order valence-corrected chi connectivity index (χ0v) is 11.3. The van der Waals surface area contributed by atoms with Crippen LogP contribution in [0.2, 0.25) is 0 Å². The van der Waals surface area contributed by atoms with Crippen LogP contribution in [0.15, 0.2) is 42.5 Å². The van der Waals surface area contributed by atoms with Crippen molar-refractivity contribution in [3.8, 4) is 0 Å². The molecule has 2 nitrogen and oxygen atoms in total. The maximum atomic E-state index is 5.69. The van der Waals surface area contributed by atoms with Gasteiger partial charge >= 0.3 is 0 Å². The lowest BCUT2D eigenvalue weighted by atomic mass is 9.98. The SMILES string of the molecule is CCN(CCN)[C@@H](C)c1cccc2ccccc12.